The molecule has 0 aliphatic heterocycles. The highest BCUT2D eigenvalue weighted by molar-refractivity contribution is 5.77. The summed E-state index contributed by atoms with van der Waals surface area (Å²) in [6, 6.07) is 9.97. The standard InChI is InChI=1S/C19H22N4O3/c1-4-15-21-18-17(13(3)22-26-18)19(25)23(15)11-16(24)20-10-12(2)14-8-6-5-7-9-14/h5-9,12H,4,10-11H2,1-3H3,(H,20,24)/t12-/m1/s1. The van der Waals surface area contributed by atoms with Gasteiger partial charge in [0.15, 0.2) is 0 Å². The van der Waals surface area contributed by atoms with E-state index in [1.54, 1.807) is 6.92 Å². The molecule has 0 radical (unpaired) electrons. The van der Waals surface area contributed by atoms with E-state index in [0.29, 0.717) is 29.9 Å². The Kier molecular flexibility index (Phi) is 5.16. The zero-order valence-electron chi connectivity index (χ0n) is 15.2. The maximum atomic E-state index is 12.7. The van der Waals surface area contributed by atoms with Gasteiger partial charge in [0.05, 0.1) is 5.69 Å². The molecule has 0 unspecified atom stereocenters. The van der Waals surface area contributed by atoms with E-state index in [2.05, 4.69) is 15.5 Å². The second kappa shape index (κ2) is 7.51. The topological polar surface area (TPSA) is 90.0 Å². The van der Waals surface area contributed by atoms with Crippen molar-refractivity contribution < 1.29 is 9.32 Å². The first-order valence-electron chi connectivity index (χ1n) is 8.68. The third-order valence-electron chi connectivity index (χ3n) is 4.44. The predicted molar refractivity (Wildman–Crippen MR) is 98.0 cm³/mol. The summed E-state index contributed by atoms with van der Waals surface area (Å²) in [5.41, 5.74) is 1.56. The number of carbonyl (C=O) groups is 1. The van der Waals surface area contributed by atoms with E-state index in [1.807, 2.05) is 44.2 Å². The molecule has 0 aliphatic carbocycles. The fraction of sp³-hybridized carbons (Fsp3) is 0.368. The molecule has 0 saturated heterocycles. The van der Waals surface area contributed by atoms with E-state index in [4.69, 9.17) is 4.52 Å². The lowest BCUT2D eigenvalue weighted by Gasteiger charge is -2.14. The SMILES string of the molecule is CCc1nc2onc(C)c2c(=O)n1CC(=O)NC[C@@H](C)c1ccccc1. The van der Waals surface area contributed by atoms with Gasteiger partial charge >= 0.3 is 0 Å². The van der Waals surface area contributed by atoms with Crippen LogP contribution in [0.2, 0.25) is 0 Å². The van der Waals surface area contributed by atoms with E-state index < -0.39 is 0 Å². The normalized spacial score (nSPS) is 12.3. The van der Waals surface area contributed by atoms with Crippen LogP contribution in [0, 0.1) is 6.92 Å². The highest BCUT2D eigenvalue weighted by atomic mass is 16.5. The molecule has 3 rings (SSSR count). The molecule has 0 fully saturated rings. The number of aromatic nitrogens is 3. The first-order valence-corrected chi connectivity index (χ1v) is 8.68. The molecular formula is C19H22N4O3. The summed E-state index contributed by atoms with van der Waals surface area (Å²) in [6.07, 6.45) is 0.513. The van der Waals surface area contributed by atoms with Crippen molar-refractivity contribution >= 4 is 17.0 Å². The molecular weight excluding hydrogens is 332 g/mol. The van der Waals surface area contributed by atoms with Crippen LogP contribution >= 0.6 is 0 Å². The molecule has 0 spiro atoms. The van der Waals surface area contributed by atoms with E-state index in [9.17, 15) is 9.59 Å². The van der Waals surface area contributed by atoms with Gasteiger partial charge in [0.2, 0.25) is 5.91 Å². The molecule has 136 valence electrons. The Labute approximate surface area is 151 Å². The van der Waals surface area contributed by atoms with Gasteiger partial charge in [-0.2, -0.15) is 4.98 Å². The number of fused-ring (bicyclic) bond motifs is 1. The van der Waals surface area contributed by atoms with Crippen LogP contribution in [0.15, 0.2) is 39.6 Å². The Balaban J connectivity index is 1.76. The number of benzene rings is 1. The van der Waals surface area contributed by atoms with Crippen molar-refractivity contribution in [1.29, 1.82) is 0 Å². The molecule has 1 atom stereocenters. The summed E-state index contributed by atoms with van der Waals surface area (Å²) in [5, 5.41) is 7.02. The zero-order valence-corrected chi connectivity index (χ0v) is 15.2. The van der Waals surface area contributed by atoms with Crippen molar-refractivity contribution in [2.45, 2.75) is 39.7 Å². The number of hydrogen-bond acceptors (Lipinski definition) is 5. The Morgan fingerprint density at radius 1 is 1.31 bits per heavy atom. The minimum absolute atomic E-state index is 0.0723. The van der Waals surface area contributed by atoms with Crippen molar-refractivity contribution in [3.8, 4) is 0 Å². The van der Waals surface area contributed by atoms with Gasteiger partial charge in [0.1, 0.15) is 17.8 Å². The van der Waals surface area contributed by atoms with Crippen molar-refractivity contribution in [3.63, 3.8) is 0 Å². The average molecular weight is 354 g/mol. The minimum Gasteiger partial charge on any atom is -0.354 e. The average Bonchev–Trinajstić information content (AvgIpc) is 3.03. The van der Waals surface area contributed by atoms with Crippen LogP contribution in [0.25, 0.3) is 11.1 Å². The summed E-state index contributed by atoms with van der Waals surface area (Å²) >= 11 is 0. The Hall–Kier alpha value is -2.96. The summed E-state index contributed by atoms with van der Waals surface area (Å²) in [6.45, 7) is 6.04. The largest absolute Gasteiger partial charge is 0.354 e. The summed E-state index contributed by atoms with van der Waals surface area (Å²) in [4.78, 5) is 29.4. The van der Waals surface area contributed by atoms with Crippen LogP contribution in [0.1, 0.15) is 36.8 Å². The minimum atomic E-state index is -0.295. The molecule has 0 aliphatic rings. The first kappa shape index (κ1) is 17.8. The molecule has 0 bridgehead atoms. The van der Waals surface area contributed by atoms with Crippen molar-refractivity contribution in [1.82, 2.24) is 20.0 Å². The molecule has 26 heavy (non-hydrogen) atoms. The molecule has 3 aromatic rings. The molecule has 2 heterocycles. The summed E-state index contributed by atoms with van der Waals surface area (Å²) < 4.78 is 6.48. The van der Waals surface area contributed by atoms with Crippen LogP contribution in [0.4, 0.5) is 0 Å². The van der Waals surface area contributed by atoms with Gasteiger partial charge in [-0.3, -0.25) is 14.2 Å². The number of amides is 1. The lowest BCUT2D eigenvalue weighted by atomic mass is 10.0. The molecule has 7 heteroatoms. The van der Waals surface area contributed by atoms with Crippen LogP contribution < -0.4 is 10.9 Å². The number of aryl methyl sites for hydroxylation is 2. The summed E-state index contributed by atoms with van der Waals surface area (Å²) in [5.74, 6) is 0.466. The number of rotatable bonds is 6. The fourth-order valence-corrected chi connectivity index (χ4v) is 2.91. The van der Waals surface area contributed by atoms with Gasteiger partial charge in [-0.15, -0.1) is 0 Å². The maximum Gasteiger partial charge on any atom is 0.267 e. The molecule has 1 N–H and O–H groups in total. The van der Waals surface area contributed by atoms with Crippen molar-refractivity contribution in [2.24, 2.45) is 0 Å². The second-order valence-electron chi connectivity index (χ2n) is 6.34. The highest BCUT2D eigenvalue weighted by Crippen LogP contribution is 2.14. The molecule has 2 aromatic heterocycles. The van der Waals surface area contributed by atoms with Crippen LogP contribution in [0.5, 0.6) is 0 Å². The number of carbonyl (C=O) groups excluding carboxylic acids is 1. The molecule has 1 amide bonds. The van der Waals surface area contributed by atoms with Gasteiger partial charge < -0.3 is 9.84 Å². The maximum absolute atomic E-state index is 12.7. The third kappa shape index (κ3) is 3.51. The van der Waals surface area contributed by atoms with Crippen LogP contribution in [-0.2, 0) is 17.8 Å². The summed E-state index contributed by atoms with van der Waals surface area (Å²) in [7, 11) is 0. The van der Waals surface area contributed by atoms with Crippen molar-refractivity contribution in [2.75, 3.05) is 6.54 Å². The first-order chi connectivity index (χ1) is 12.5. The predicted octanol–water partition coefficient (Wildman–Crippen LogP) is 2.18. The molecule has 7 nitrogen and oxygen atoms in total. The second-order valence-corrected chi connectivity index (χ2v) is 6.34. The number of hydrogen-bond donors (Lipinski definition) is 1. The van der Waals surface area contributed by atoms with Gasteiger partial charge in [0.25, 0.3) is 11.3 Å². The van der Waals surface area contributed by atoms with Crippen molar-refractivity contribution in [3.05, 3.63) is 57.8 Å². The lowest BCUT2D eigenvalue weighted by molar-refractivity contribution is -0.121. The number of nitrogens with one attached hydrogen (secondary N) is 1. The highest BCUT2D eigenvalue weighted by Gasteiger charge is 2.18. The van der Waals surface area contributed by atoms with Gasteiger partial charge in [-0.25, -0.2) is 0 Å². The van der Waals surface area contributed by atoms with Gasteiger partial charge in [0, 0.05) is 13.0 Å². The quantitative estimate of drug-likeness (QED) is 0.733. The molecule has 1 aromatic carbocycles. The van der Waals surface area contributed by atoms with E-state index in [1.165, 1.54) is 4.57 Å². The van der Waals surface area contributed by atoms with Crippen LogP contribution in [-0.4, -0.2) is 27.2 Å². The smallest absolute Gasteiger partial charge is 0.267 e. The van der Waals surface area contributed by atoms with Crippen LogP contribution in [0.3, 0.4) is 0 Å². The Morgan fingerprint density at radius 3 is 2.73 bits per heavy atom. The van der Waals surface area contributed by atoms with Gasteiger partial charge in [-0.1, -0.05) is 49.3 Å². The third-order valence-corrected chi connectivity index (χ3v) is 4.44. The fourth-order valence-electron chi connectivity index (χ4n) is 2.91. The zero-order chi connectivity index (χ0) is 18.7. The van der Waals surface area contributed by atoms with E-state index in [0.717, 1.165) is 5.56 Å². The Morgan fingerprint density at radius 2 is 2.04 bits per heavy atom. The lowest BCUT2D eigenvalue weighted by Crippen LogP contribution is -2.36. The van der Waals surface area contributed by atoms with E-state index >= 15 is 0 Å². The number of nitrogens with zero attached hydrogens (tertiary/aromatic N) is 3. The monoisotopic (exact) mass is 354 g/mol. The molecule has 0 saturated carbocycles. The Bertz CT molecular complexity index is 976. The van der Waals surface area contributed by atoms with E-state index in [-0.39, 0.29) is 29.6 Å². The van der Waals surface area contributed by atoms with Gasteiger partial charge in [-0.05, 0) is 18.4 Å².